The minimum absolute atomic E-state index is 0.0154. The molecule has 1 aliphatic rings. The second-order valence-corrected chi connectivity index (χ2v) is 5.49. The third-order valence-corrected chi connectivity index (χ3v) is 3.88. The topological polar surface area (TPSA) is 107 Å². The molecule has 1 heterocycles. The Bertz CT molecular complexity index is 721. The molecular formula is C18H19NO7. The molecule has 0 saturated carbocycles. The molecule has 0 saturated heterocycles. The molecule has 0 aliphatic carbocycles. The van der Waals surface area contributed by atoms with E-state index in [1.54, 1.807) is 19.1 Å². The van der Waals surface area contributed by atoms with E-state index in [1.165, 1.54) is 19.1 Å². The van der Waals surface area contributed by atoms with Crippen molar-refractivity contribution in [2.45, 2.75) is 20.3 Å². The predicted octanol–water partition coefficient (Wildman–Crippen LogP) is 0.984. The van der Waals surface area contributed by atoms with Gasteiger partial charge in [-0.2, -0.15) is 0 Å². The summed E-state index contributed by atoms with van der Waals surface area (Å²) >= 11 is 0. The van der Waals surface area contributed by atoms with Crippen LogP contribution in [0.5, 0.6) is 0 Å². The number of rotatable bonds is 8. The Kier molecular flexibility index (Phi) is 6.21. The summed E-state index contributed by atoms with van der Waals surface area (Å²) in [5.74, 6) is -5.52. The van der Waals surface area contributed by atoms with Crippen LogP contribution in [0, 0.1) is 5.92 Å². The number of ketones is 1. The lowest BCUT2D eigenvalue weighted by Crippen LogP contribution is -2.38. The van der Waals surface area contributed by atoms with Crippen LogP contribution in [-0.2, 0) is 23.9 Å². The molecule has 0 bridgehead atoms. The van der Waals surface area contributed by atoms with Crippen LogP contribution in [0.1, 0.15) is 41.0 Å². The van der Waals surface area contributed by atoms with Gasteiger partial charge in [-0.25, -0.2) is 4.79 Å². The molecule has 2 amide bonds. The van der Waals surface area contributed by atoms with Crippen molar-refractivity contribution in [1.29, 1.82) is 0 Å². The summed E-state index contributed by atoms with van der Waals surface area (Å²) in [6, 6.07) is 6.34. The van der Waals surface area contributed by atoms with E-state index >= 15 is 0 Å². The zero-order valence-corrected chi connectivity index (χ0v) is 14.5. The van der Waals surface area contributed by atoms with Gasteiger partial charge in [-0.3, -0.25) is 24.1 Å². The van der Waals surface area contributed by atoms with Crippen LogP contribution < -0.4 is 0 Å². The number of amides is 2. The fourth-order valence-corrected chi connectivity index (χ4v) is 2.64. The van der Waals surface area contributed by atoms with E-state index in [2.05, 4.69) is 4.74 Å². The summed E-state index contributed by atoms with van der Waals surface area (Å²) in [6.45, 7) is 2.91. The van der Waals surface area contributed by atoms with Gasteiger partial charge in [0.15, 0.2) is 0 Å². The Morgan fingerprint density at radius 1 is 0.962 bits per heavy atom. The van der Waals surface area contributed by atoms with Crippen LogP contribution in [0.4, 0.5) is 0 Å². The van der Waals surface area contributed by atoms with Crippen LogP contribution in [-0.4, -0.2) is 54.2 Å². The molecule has 1 atom stereocenters. The first kappa shape index (κ1) is 19.3. The van der Waals surface area contributed by atoms with Crippen LogP contribution in [0.3, 0.4) is 0 Å². The highest BCUT2D eigenvalue weighted by Crippen LogP contribution is 2.23. The SMILES string of the molecule is CCOC(=O)C(=O)C(CCN1C(=O)c2ccccc2C1=O)C(=O)OCC. The van der Waals surface area contributed by atoms with Gasteiger partial charge in [0.25, 0.3) is 17.6 Å². The summed E-state index contributed by atoms with van der Waals surface area (Å²) in [6.07, 6.45) is -0.220. The average Bonchev–Trinajstić information content (AvgIpc) is 2.87. The molecule has 0 N–H and O–H groups in total. The number of Topliss-reactive ketones (excluding diaryl/α,β-unsaturated/α-hetero) is 1. The number of carbonyl (C=O) groups is 5. The van der Waals surface area contributed by atoms with E-state index in [4.69, 9.17) is 4.74 Å². The van der Waals surface area contributed by atoms with Crippen molar-refractivity contribution in [3.8, 4) is 0 Å². The lowest BCUT2D eigenvalue weighted by molar-refractivity contribution is -0.162. The van der Waals surface area contributed by atoms with E-state index in [0.717, 1.165) is 4.90 Å². The van der Waals surface area contributed by atoms with Gasteiger partial charge < -0.3 is 9.47 Å². The maximum atomic E-state index is 12.3. The normalized spacial score (nSPS) is 14.0. The smallest absolute Gasteiger partial charge is 0.375 e. The summed E-state index contributed by atoms with van der Waals surface area (Å²) in [5.41, 5.74) is 0.531. The van der Waals surface area contributed by atoms with Gasteiger partial charge >= 0.3 is 11.9 Å². The summed E-state index contributed by atoms with van der Waals surface area (Å²) in [7, 11) is 0. The van der Waals surface area contributed by atoms with Crippen molar-refractivity contribution in [2.24, 2.45) is 5.92 Å². The van der Waals surface area contributed by atoms with Crippen LogP contribution >= 0.6 is 0 Å². The third-order valence-electron chi connectivity index (χ3n) is 3.88. The second-order valence-electron chi connectivity index (χ2n) is 5.49. The maximum absolute atomic E-state index is 12.3. The highest BCUT2D eigenvalue weighted by atomic mass is 16.5. The Morgan fingerprint density at radius 3 is 2.00 bits per heavy atom. The van der Waals surface area contributed by atoms with Crippen molar-refractivity contribution >= 4 is 29.5 Å². The standard InChI is InChI=1S/C18H19NO7/c1-3-25-17(23)13(14(20)18(24)26-4-2)9-10-19-15(21)11-7-5-6-8-12(11)16(19)22/h5-8,13H,3-4,9-10H2,1-2H3. The van der Waals surface area contributed by atoms with Gasteiger partial charge in [0, 0.05) is 6.54 Å². The lowest BCUT2D eigenvalue weighted by atomic mass is 10.00. The van der Waals surface area contributed by atoms with E-state index in [-0.39, 0.29) is 37.3 Å². The summed E-state index contributed by atoms with van der Waals surface area (Å²) < 4.78 is 9.46. The fourth-order valence-electron chi connectivity index (χ4n) is 2.64. The zero-order valence-electron chi connectivity index (χ0n) is 14.5. The number of benzene rings is 1. The van der Waals surface area contributed by atoms with Gasteiger partial charge in [-0.15, -0.1) is 0 Å². The number of hydrogen-bond donors (Lipinski definition) is 0. The molecular weight excluding hydrogens is 342 g/mol. The first-order chi connectivity index (χ1) is 12.4. The van der Waals surface area contributed by atoms with E-state index < -0.39 is 35.5 Å². The monoisotopic (exact) mass is 361 g/mol. The Labute approximate surface area is 150 Å². The number of ether oxygens (including phenoxy) is 2. The van der Waals surface area contributed by atoms with Gasteiger partial charge in [-0.1, -0.05) is 12.1 Å². The predicted molar refractivity (Wildman–Crippen MR) is 88.2 cm³/mol. The molecule has 1 aliphatic heterocycles. The van der Waals surface area contributed by atoms with Crippen LogP contribution in [0.2, 0.25) is 0 Å². The Morgan fingerprint density at radius 2 is 1.50 bits per heavy atom. The van der Waals surface area contributed by atoms with Crippen LogP contribution in [0.25, 0.3) is 0 Å². The van der Waals surface area contributed by atoms with Crippen molar-refractivity contribution in [3.05, 3.63) is 35.4 Å². The first-order valence-corrected chi connectivity index (χ1v) is 8.25. The van der Waals surface area contributed by atoms with E-state index in [1.807, 2.05) is 0 Å². The highest BCUT2D eigenvalue weighted by molar-refractivity contribution is 6.37. The average molecular weight is 361 g/mol. The van der Waals surface area contributed by atoms with E-state index in [0.29, 0.717) is 0 Å². The van der Waals surface area contributed by atoms with Crippen molar-refractivity contribution in [1.82, 2.24) is 4.90 Å². The molecule has 0 spiro atoms. The molecule has 2 rings (SSSR count). The number of imide groups is 1. The van der Waals surface area contributed by atoms with Gasteiger partial charge in [-0.05, 0) is 32.4 Å². The van der Waals surface area contributed by atoms with Crippen LogP contribution in [0.15, 0.2) is 24.3 Å². The summed E-state index contributed by atoms with van der Waals surface area (Å²) in [4.78, 5) is 61.5. The quantitative estimate of drug-likeness (QED) is 0.294. The molecule has 1 unspecified atom stereocenters. The molecule has 8 heteroatoms. The molecule has 8 nitrogen and oxygen atoms in total. The number of fused-ring (bicyclic) bond motifs is 1. The number of carbonyl (C=O) groups excluding carboxylic acids is 5. The van der Waals surface area contributed by atoms with Crippen molar-refractivity contribution in [2.75, 3.05) is 19.8 Å². The van der Waals surface area contributed by atoms with Gasteiger partial charge in [0.2, 0.25) is 0 Å². The molecule has 26 heavy (non-hydrogen) atoms. The summed E-state index contributed by atoms with van der Waals surface area (Å²) in [5, 5.41) is 0. The molecule has 0 aromatic heterocycles. The molecule has 138 valence electrons. The highest BCUT2D eigenvalue weighted by Gasteiger charge is 2.38. The molecule has 1 aromatic rings. The largest absolute Gasteiger partial charge is 0.465 e. The van der Waals surface area contributed by atoms with Gasteiger partial charge in [0.1, 0.15) is 5.92 Å². The Hall–Kier alpha value is -3.03. The van der Waals surface area contributed by atoms with E-state index in [9.17, 15) is 24.0 Å². The zero-order chi connectivity index (χ0) is 19.3. The number of hydrogen-bond acceptors (Lipinski definition) is 7. The molecule has 1 aromatic carbocycles. The minimum Gasteiger partial charge on any atom is -0.465 e. The van der Waals surface area contributed by atoms with Crippen molar-refractivity contribution in [3.63, 3.8) is 0 Å². The first-order valence-electron chi connectivity index (χ1n) is 8.25. The second kappa shape index (κ2) is 8.37. The molecule has 0 fully saturated rings. The maximum Gasteiger partial charge on any atom is 0.375 e. The third kappa shape index (κ3) is 3.79. The van der Waals surface area contributed by atoms with Gasteiger partial charge in [0.05, 0.1) is 24.3 Å². The number of esters is 2. The lowest BCUT2D eigenvalue weighted by Gasteiger charge is -2.18. The number of nitrogens with zero attached hydrogens (tertiary/aromatic N) is 1. The molecule has 0 radical (unpaired) electrons. The Balaban J connectivity index is 2.13. The fraction of sp³-hybridized carbons (Fsp3) is 0.389. The van der Waals surface area contributed by atoms with Crippen molar-refractivity contribution < 1.29 is 33.4 Å². The minimum atomic E-state index is -1.43.